The third-order valence-corrected chi connectivity index (χ3v) is 7.05. The van der Waals surface area contributed by atoms with Crippen molar-refractivity contribution in [2.24, 2.45) is 0 Å². The fraction of sp³-hybridized carbons (Fsp3) is 0.727. The standard InChI is InChI=1S/C22H38O3S/c1-5-6-7-8-9-10-11-12-13-14-16-20-17-15-18-21(19(20)2)22(3,4)26(23,24)25/h15,17-18H,5-14,16H2,1-4H3,(H,23,24,25). The molecule has 1 rings (SSSR count). The van der Waals surface area contributed by atoms with Gasteiger partial charge < -0.3 is 0 Å². The molecule has 0 atom stereocenters. The van der Waals surface area contributed by atoms with E-state index in [4.69, 9.17) is 0 Å². The van der Waals surface area contributed by atoms with E-state index in [0.717, 1.165) is 18.4 Å². The van der Waals surface area contributed by atoms with Crippen molar-refractivity contribution in [3.05, 3.63) is 34.9 Å². The van der Waals surface area contributed by atoms with Gasteiger partial charge in [0.2, 0.25) is 0 Å². The van der Waals surface area contributed by atoms with Crippen LogP contribution in [0.3, 0.4) is 0 Å². The normalized spacial score (nSPS) is 12.5. The third-order valence-electron chi connectivity index (χ3n) is 5.54. The van der Waals surface area contributed by atoms with Crippen molar-refractivity contribution in [2.45, 2.75) is 103 Å². The van der Waals surface area contributed by atoms with Gasteiger partial charge in [0.05, 0.1) is 0 Å². The molecule has 0 aliphatic rings. The Hall–Kier alpha value is -0.870. The van der Waals surface area contributed by atoms with Crippen LogP contribution in [-0.2, 0) is 21.3 Å². The number of hydrogen-bond donors (Lipinski definition) is 1. The summed E-state index contributed by atoms with van der Waals surface area (Å²) < 4.78 is 31.7. The predicted octanol–water partition coefficient (Wildman–Crippen LogP) is 6.58. The second kappa shape index (κ2) is 11.1. The molecule has 1 aromatic rings. The quantitative estimate of drug-likeness (QED) is 0.309. The van der Waals surface area contributed by atoms with E-state index in [-0.39, 0.29) is 0 Å². The topological polar surface area (TPSA) is 54.4 Å². The molecular formula is C22H38O3S. The van der Waals surface area contributed by atoms with Crippen LogP contribution in [0.25, 0.3) is 0 Å². The molecule has 0 aliphatic carbocycles. The van der Waals surface area contributed by atoms with Gasteiger partial charge in [-0.3, -0.25) is 4.55 Å². The van der Waals surface area contributed by atoms with Gasteiger partial charge in [-0.05, 0) is 50.3 Å². The SMILES string of the molecule is CCCCCCCCCCCCc1cccc(C(C)(C)S(=O)(=O)O)c1C. The average Bonchev–Trinajstić information content (AvgIpc) is 2.56. The van der Waals surface area contributed by atoms with Crippen LogP contribution in [0.2, 0.25) is 0 Å². The van der Waals surface area contributed by atoms with Gasteiger partial charge in [0.1, 0.15) is 4.75 Å². The molecule has 0 heterocycles. The second-order valence-corrected chi connectivity index (χ2v) is 9.98. The first-order chi connectivity index (χ1) is 12.2. The summed E-state index contributed by atoms with van der Waals surface area (Å²) in [6, 6.07) is 5.79. The van der Waals surface area contributed by atoms with E-state index in [0.29, 0.717) is 5.56 Å². The van der Waals surface area contributed by atoms with Crippen molar-refractivity contribution in [3.8, 4) is 0 Å². The number of hydrogen-bond acceptors (Lipinski definition) is 2. The first-order valence-electron chi connectivity index (χ1n) is 10.3. The Morgan fingerprint density at radius 1 is 0.885 bits per heavy atom. The van der Waals surface area contributed by atoms with Gasteiger partial charge in [0, 0.05) is 0 Å². The third kappa shape index (κ3) is 7.03. The largest absolute Gasteiger partial charge is 0.285 e. The van der Waals surface area contributed by atoms with Gasteiger partial charge in [-0.15, -0.1) is 0 Å². The fourth-order valence-corrected chi connectivity index (χ4v) is 4.05. The van der Waals surface area contributed by atoms with Gasteiger partial charge in [0.15, 0.2) is 0 Å². The molecule has 0 radical (unpaired) electrons. The zero-order chi connectivity index (χ0) is 19.6. The molecule has 26 heavy (non-hydrogen) atoms. The Kier molecular flexibility index (Phi) is 9.88. The Morgan fingerprint density at radius 2 is 1.38 bits per heavy atom. The monoisotopic (exact) mass is 382 g/mol. The van der Waals surface area contributed by atoms with Gasteiger partial charge in [0.25, 0.3) is 10.1 Å². The summed E-state index contributed by atoms with van der Waals surface area (Å²) in [5, 5.41) is 0. The smallest absolute Gasteiger partial charge is 0.274 e. The maximum absolute atomic E-state index is 11.7. The molecule has 0 unspecified atom stereocenters. The Bertz CT molecular complexity index is 633. The van der Waals surface area contributed by atoms with E-state index in [2.05, 4.69) is 13.0 Å². The van der Waals surface area contributed by atoms with Crippen molar-refractivity contribution in [3.63, 3.8) is 0 Å². The fourth-order valence-electron chi connectivity index (χ4n) is 3.55. The second-order valence-electron chi connectivity index (χ2n) is 8.01. The average molecular weight is 383 g/mol. The van der Waals surface area contributed by atoms with Crippen molar-refractivity contribution >= 4 is 10.1 Å². The molecule has 0 aromatic heterocycles. The molecule has 3 nitrogen and oxygen atoms in total. The molecule has 1 aromatic carbocycles. The van der Waals surface area contributed by atoms with Gasteiger partial charge in [-0.1, -0.05) is 82.9 Å². The van der Waals surface area contributed by atoms with Gasteiger partial charge in [-0.2, -0.15) is 8.42 Å². The minimum Gasteiger partial charge on any atom is -0.285 e. The highest BCUT2D eigenvalue weighted by Crippen LogP contribution is 2.32. The molecule has 0 bridgehead atoms. The molecule has 0 aliphatic heterocycles. The summed E-state index contributed by atoms with van der Waals surface area (Å²) in [5.74, 6) is 0. The van der Waals surface area contributed by atoms with Crippen molar-refractivity contribution in [1.29, 1.82) is 0 Å². The van der Waals surface area contributed by atoms with Crippen molar-refractivity contribution in [2.75, 3.05) is 0 Å². The number of unbranched alkanes of at least 4 members (excludes halogenated alkanes) is 9. The van der Waals surface area contributed by atoms with E-state index >= 15 is 0 Å². The first-order valence-corrected chi connectivity index (χ1v) is 11.7. The van der Waals surface area contributed by atoms with Crippen LogP contribution in [0.4, 0.5) is 0 Å². The van der Waals surface area contributed by atoms with Crippen molar-refractivity contribution < 1.29 is 13.0 Å². The van der Waals surface area contributed by atoms with E-state index in [1.165, 1.54) is 63.4 Å². The Balaban J connectivity index is 2.42. The number of rotatable bonds is 13. The van der Waals surface area contributed by atoms with Crippen LogP contribution in [0, 0.1) is 6.92 Å². The highest BCUT2D eigenvalue weighted by Gasteiger charge is 2.36. The van der Waals surface area contributed by atoms with Crippen LogP contribution in [-0.4, -0.2) is 13.0 Å². The highest BCUT2D eigenvalue weighted by atomic mass is 32.2. The molecule has 150 valence electrons. The van der Waals surface area contributed by atoms with E-state index in [9.17, 15) is 13.0 Å². The molecule has 0 saturated carbocycles. The highest BCUT2D eigenvalue weighted by molar-refractivity contribution is 7.86. The lowest BCUT2D eigenvalue weighted by atomic mass is 9.91. The van der Waals surface area contributed by atoms with Crippen molar-refractivity contribution in [1.82, 2.24) is 0 Å². The van der Waals surface area contributed by atoms with Crippen LogP contribution >= 0.6 is 0 Å². The van der Waals surface area contributed by atoms with Crippen LogP contribution in [0.1, 0.15) is 102 Å². The lowest BCUT2D eigenvalue weighted by Gasteiger charge is -2.25. The lowest BCUT2D eigenvalue weighted by molar-refractivity contribution is 0.444. The first kappa shape index (κ1) is 23.2. The lowest BCUT2D eigenvalue weighted by Crippen LogP contribution is -2.29. The number of aryl methyl sites for hydroxylation is 1. The zero-order valence-electron chi connectivity index (χ0n) is 17.2. The summed E-state index contributed by atoms with van der Waals surface area (Å²) in [6.45, 7) is 7.35. The Labute approximate surface area is 161 Å². The van der Waals surface area contributed by atoms with Gasteiger partial charge in [-0.25, -0.2) is 0 Å². The zero-order valence-corrected chi connectivity index (χ0v) is 18.0. The molecule has 0 fully saturated rings. The maximum Gasteiger partial charge on any atom is 0.274 e. The molecule has 0 amide bonds. The minimum absolute atomic E-state index is 0.699. The number of benzene rings is 1. The van der Waals surface area contributed by atoms with Crippen LogP contribution in [0.5, 0.6) is 0 Å². The van der Waals surface area contributed by atoms with E-state index in [1.54, 1.807) is 13.8 Å². The Morgan fingerprint density at radius 3 is 1.88 bits per heavy atom. The summed E-state index contributed by atoms with van der Waals surface area (Å²) in [7, 11) is -4.14. The van der Waals surface area contributed by atoms with E-state index < -0.39 is 14.9 Å². The van der Waals surface area contributed by atoms with Gasteiger partial charge >= 0.3 is 0 Å². The molecule has 0 saturated heterocycles. The molecule has 4 heteroatoms. The summed E-state index contributed by atoms with van der Waals surface area (Å²) in [6.07, 6.45) is 14.1. The maximum atomic E-state index is 11.7. The minimum atomic E-state index is -4.14. The summed E-state index contributed by atoms with van der Waals surface area (Å²) in [4.78, 5) is 0. The summed E-state index contributed by atoms with van der Waals surface area (Å²) >= 11 is 0. The molecule has 0 spiro atoms. The predicted molar refractivity (Wildman–Crippen MR) is 111 cm³/mol. The summed E-state index contributed by atoms with van der Waals surface area (Å²) in [5.41, 5.74) is 2.88. The molecular weight excluding hydrogens is 344 g/mol. The van der Waals surface area contributed by atoms with Crippen LogP contribution < -0.4 is 0 Å². The van der Waals surface area contributed by atoms with E-state index in [1.807, 2.05) is 19.1 Å². The van der Waals surface area contributed by atoms with Crippen LogP contribution in [0.15, 0.2) is 18.2 Å². The molecule has 1 N–H and O–H groups in total.